The Morgan fingerprint density at radius 1 is 1.07 bits per heavy atom. The van der Waals surface area contributed by atoms with E-state index in [2.05, 4.69) is 10.4 Å². The Bertz CT molecular complexity index is 1030. The van der Waals surface area contributed by atoms with Crippen molar-refractivity contribution in [2.24, 2.45) is 0 Å². The van der Waals surface area contributed by atoms with Gasteiger partial charge in [0.2, 0.25) is 5.91 Å². The SMILES string of the molecule is O=C(NCc1ccccc1CN1CCCC1=O)c1nn(-c2ccccc2)cc1O. The van der Waals surface area contributed by atoms with Crippen molar-refractivity contribution in [3.63, 3.8) is 0 Å². The minimum absolute atomic E-state index is 0.0268. The van der Waals surface area contributed by atoms with Gasteiger partial charge in [-0.1, -0.05) is 42.5 Å². The predicted octanol–water partition coefficient (Wildman–Crippen LogP) is 2.63. The molecule has 0 bridgehead atoms. The fourth-order valence-electron chi connectivity index (χ4n) is 3.46. The molecule has 2 heterocycles. The van der Waals surface area contributed by atoms with E-state index in [1.165, 1.54) is 10.9 Å². The van der Waals surface area contributed by atoms with Crippen LogP contribution in [0.4, 0.5) is 0 Å². The highest BCUT2D eigenvalue weighted by Crippen LogP contribution is 2.19. The molecule has 0 aliphatic carbocycles. The van der Waals surface area contributed by atoms with Crippen LogP contribution in [-0.4, -0.2) is 38.1 Å². The van der Waals surface area contributed by atoms with Crippen LogP contribution in [0.1, 0.15) is 34.5 Å². The molecule has 7 heteroatoms. The number of benzene rings is 2. The van der Waals surface area contributed by atoms with Gasteiger partial charge in [-0.25, -0.2) is 4.68 Å². The predicted molar refractivity (Wildman–Crippen MR) is 107 cm³/mol. The number of hydrogen-bond acceptors (Lipinski definition) is 4. The largest absolute Gasteiger partial charge is 0.504 e. The van der Waals surface area contributed by atoms with E-state index in [4.69, 9.17) is 0 Å². The highest BCUT2D eigenvalue weighted by atomic mass is 16.3. The zero-order valence-corrected chi connectivity index (χ0v) is 15.9. The van der Waals surface area contributed by atoms with Gasteiger partial charge in [0.25, 0.3) is 5.91 Å². The molecule has 1 aliphatic rings. The van der Waals surface area contributed by atoms with Crippen molar-refractivity contribution >= 4 is 11.8 Å². The van der Waals surface area contributed by atoms with Gasteiger partial charge in [-0.15, -0.1) is 0 Å². The standard InChI is InChI=1S/C22H22N4O3/c27-19-15-26(18-9-2-1-3-10-18)24-21(19)22(29)23-13-16-7-4-5-8-17(16)14-25-12-6-11-20(25)28/h1-5,7-10,15,27H,6,11-14H2,(H,23,29). The molecule has 1 aromatic heterocycles. The van der Waals surface area contributed by atoms with Crippen LogP contribution in [0.25, 0.3) is 5.69 Å². The van der Waals surface area contributed by atoms with Crippen LogP contribution >= 0.6 is 0 Å². The van der Waals surface area contributed by atoms with Crippen LogP contribution < -0.4 is 5.32 Å². The van der Waals surface area contributed by atoms with Crippen LogP contribution in [0.2, 0.25) is 0 Å². The van der Waals surface area contributed by atoms with Gasteiger partial charge >= 0.3 is 0 Å². The highest BCUT2D eigenvalue weighted by molar-refractivity contribution is 5.94. The van der Waals surface area contributed by atoms with E-state index in [0.717, 1.165) is 29.8 Å². The van der Waals surface area contributed by atoms with Crippen molar-refractivity contribution in [1.29, 1.82) is 0 Å². The van der Waals surface area contributed by atoms with E-state index in [9.17, 15) is 14.7 Å². The summed E-state index contributed by atoms with van der Waals surface area (Å²) in [6, 6.07) is 17.0. The molecule has 3 aromatic rings. The summed E-state index contributed by atoms with van der Waals surface area (Å²) in [5, 5.41) is 17.2. The van der Waals surface area contributed by atoms with Crippen molar-refractivity contribution in [2.45, 2.75) is 25.9 Å². The first-order valence-corrected chi connectivity index (χ1v) is 9.58. The summed E-state index contributed by atoms with van der Waals surface area (Å²) in [4.78, 5) is 26.3. The Hall–Kier alpha value is -3.61. The third kappa shape index (κ3) is 4.13. The average Bonchev–Trinajstić information content (AvgIpc) is 3.33. The first-order valence-electron chi connectivity index (χ1n) is 9.58. The maximum absolute atomic E-state index is 12.6. The summed E-state index contributed by atoms with van der Waals surface area (Å²) in [5.74, 6) is -0.466. The number of likely N-dealkylation sites (tertiary alicyclic amines) is 1. The molecule has 0 spiro atoms. The molecule has 7 nitrogen and oxygen atoms in total. The summed E-state index contributed by atoms with van der Waals surface area (Å²) in [6.07, 6.45) is 2.90. The zero-order valence-electron chi connectivity index (χ0n) is 15.9. The number of rotatable bonds is 6. The van der Waals surface area contributed by atoms with Gasteiger partial charge in [0.1, 0.15) is 0 Å². The van der Waals surface area contributed by atoms with Crippen molar-refractivity contribution in [3.8, 4) is 11.4 Å². The number of nitrogens with one attached hydrogen (secondary N) is 1. The Labute approximate surface area is 168 Å². The van der Waals surface area contributed by atoms with E-state index in [1.807, 2.05) is 59.5 Å². The zero-order chi connectivity index (χ0) is 20.2. The first-order chi connectivity index (χ1) is 14.1. The summed E-state index contributed by atoms with van der Waals surface area (Å²) in [7, 11) is 0. The molecular weight excluding hydrogens is 368 g/mol. The lowest BCUT2D eigenvalue weighted by molar-refractivity contribution is -0.128. The molecule has 0 radical (unpaired) electrons. The molecule has 2 N–H and O–H groups in total. The Morgan fingerprint density at radius 3 is 2.52 bits per heavy atom. The van der Waals surface area contributed by atoms with Gasteiger partial charge in [0.05, 0.1) is 11.9 Å². The van der Waals surface area contributed by atoms with E-state index in [-0.39, 0.29) is 23.9 Å². The molecule has 1 fully saturated rings. The van der Waals surface area contributed by atoms with Gasteiger partial charge in [-0.2, -0.15) is 5.10 Å². The maximum Gasteiger partial charge on any atom is 0.275 e. The molecule has 1 aliphatic heterocycles. The Morgan fingerprint density at radius 2 is 1.79 bits per heavy atom. The molecule has 29 heavy (non-hydrogen) atoms. The van der Waals surface area contributed by atoms with E-state index in [1.54, 1.807) is 0 Å². The lowest BCUT2D eigenvalue weighted by atomic mass is 10.1. The van der Waals surface area contributed by atoms with Gasteiger partial charge in [0, 0.05) is 26.1 Å². The minimum Gasteiger partial charge on any atom is -0.504 e. The minimum atomic E-state index is -0.454. The molecule has 1 saturated heterocycles. The molecule has 4 rings (SSSR count). The third-order valence-electron chi connectivity index (χ3n) is 5.02. The number of para-hydroxylation sites is 1. The lowest BCUT2D eigenvalue weighted by Crippen LogP contribution is -2.27. The quantitative estimate of drug-likeness (QED) is 0.677. The fourth-order valence-corrected chi connectivity index (χ4v) is 3.46. The van der Waals surface area contributed by atoms with Crippen LogP contribution in [0.3, 0.4) is 0 Å². The van der Waals surface area contributed by atoms with Crippen LogP contribution in [-0.2, 0) is 17.9 Å². The van der Waals surface area contributed by atoms with Crippen molar-refractivity contribution in [2.75, 3.05) is 6.54 Å². The fraction of sp³-hybridized carbons (Fsp3) is 0.227. The van der Waals surface area contributed by atoms with E-state index >= 15 is 0 Å². The normalized spacial score (nSPS) is 13.7. The number of nitrogens with zero attached hydrogens (tertiary/aromatic N) is 3. The van der Waals surface area contributed by atoms with Gasteiger partial charge in [0.15, 0.2) is 11.4 Å². The average molecular weight is 390 g/mol. The summed E-state index contributed by atoms with van der Waals surface area (Å²) in [6.45, 7) is 1.59. The second kappa shape index (κ2) is 8.18. The van der Waals surface area contributed by atoms with Crippen LogP contribution in [0.5, 0.6) is 5.75 Å². The van der Waals surface area contributed by atoms with E-state index in [0.29, 0.717) is 13.0 Å². The lowest BCUT2D eigenvalue weighted by Gasteiger charge is -2.18. The molecule has 2 aromatic carbocycles. The Kier molecular flexibility index (Phi) is 5.29. The summed E-state index contributed by atoms with van der Waals surface area (Å²) < 4.78 is 1.47. The third-order valence-corrected chi connectivity index (χ3v) is 5.02. The van der Waals surface area contributed by atoms with Crippen molar-refractivity contribution < 1.29 is 14.7 Å². The van der Waals surface area contributed by atoms with Crippen LogP contribution in [0.15, 0.2) is 60.8 Å². The van der Waals surface area contributed by atoms with E-state index < -0.39 is 5.91 Å². The van der Waals surface area contributed by atoms with Gasteiger partial charge < -0.3 is 15.3 Å². The second-order valence-electron chi connectivity index (χ2n) is 7.01. The number of amides is 2. The number of carbonyl (C=O) groups excluding carboxylic acids is 2. The molecule has 0 unspecified atom stereocenters. The molecule has 0 saturated carbocycles. The monoisotopic (exact) mass is 390 g/mol. The topological polar surface area (TPSA) is 87.5 Å². The molecule has 2 amide bonds. The number of carbonyl (C=O) groups is 2. The number of aromatic hydroxyl groups is 1. The summed E-state index contributed by atoms with van der Waals surface area (Å²) in [5.41, 5.74) is 2.66. The second-order valence-corrected chi connectivity index (χ2v) is 7.01. The van der Waals surface area contributed by atoms with Crippen LogP contribution in [0, 0.1) is 0 Å². The maximum atomic E-state index is 12.6. The highest BCUT2D eigenvalue weighted by Gasteiger charge is 2.21. The van der Waals surface area contributed by atoms with Crippen molar-refractivity contribution in [1.82, 2.24) is 20.0 Å². The summed E-state index contributed by atoms with van der Waals surface area (Å²) >= 11 is 0. The number of hydrogen-bond donors (Lipinski definition) is 2. The molecular formula is C22H22N4O3. The van der Waals surface area contributed by atoms with Gasteiger partial charge in [-0.3, -0.25) is 9.59 Å². The van der Waals surface area contributed by atoms with Gasteiger partial charge in [-0.05, 0) is 29.7 Å². The Balaban J connectivity index is 1.45. The van der Waals surface area contributed by atoms with Crippen molar-refractivity contribution in [3.05, 3.63) is 77.6 Å². The smallest absolute Gasteiger partial charge is 0.275 e. The first kappa shape index (κ1) is 18.7. The molecule has 0 atom stereocenters. The molecule has 148 valence electrons. The number of aromatic nitrogens is 2.